The minimum absolute atomic E-state index is 0.0299. The van der Waals surface area contributed by atoms with E-state index in [1.807, 2.05) is 45.2 Å². The van der Waals surface area contributed by atoms with E-state index >= 15 is 0 Å². The Balaban J connectivity index is 0.00000102. The van der Waals surface area contributed by atoms with Gasteiger partial charge in [-0.05, 0) is 57.4 Å². The lowest BCUT2D eigenvalue weighted by Gasteiger charge is -2.44. The molecule has 0 aromatic carbocycles. The normalized spacial score (nSPS) is 40.1. The molecule has 1 saturated carbocycles. The molecule has 27 heavy (non-hydrogen) atoms. The molecule has 1 aliphatic heterocycles. The first-order valence-corrected chi connectivity index (χ1v) is 10.7. The van der Waals surface area contributed by atoms with Gasteiger partial charge in [0.25, 0.3) is 0 Å². The van der Waals surface area contributed by atoms with Crippen molar-refractivity contribution in [1.29, 1.82) is 0 Å². The van der Waals surface area contributed by atoms with E-state index in [4.69, 9.17) is 15.5 Å². The number of fused-ring (bicyclic) bond motifs is 2. The van der Waals surface area contributed by atoms with Crippen molar-refractivity contribution >= 4 is 6.21 Å². The average Bonchev–Trinajstić information content (AvgIpc) is 2.65. The molecule has 0 spiro atoms. The van der Waals surface area contributed by atoms with Crippen molar-refractivity contribution < 1.29 is 4.74 Å². The lowest BCUT2D eigenvalue weighted by Crippen LogP contribution is -2.44. The summed E-state index contributed by atoms with van der Waals surface area (Å²) in [5, 5.41) is 0. The fourth-order valence-electron chi connectivity index (χ4n) is 5.11. The van der Waals surface area contributed by atoms with Gasteiger partial charge in [0.2, 0.25) is 0 Å². The van der Waals surface area contributed by atoms with Gasteiger partial charge in [-0.25, -0.2) is 0 Å². The Hall–Kier alpha value is -1.61. The van der Waals surface area contributed by atoms with E-state index in [1.165, 1.54) is 25.7 Å². The predicted molar refractivity (Wildman–Crippen MR) is 114 cm³/mol. The molecule has 3 heteroatoms. The van der Waals surface area contributed by atoms with Crippen LogP contribution >= 0.6 is 0 Å². The number of allylic oxidation sites excluding steroid dienone is 3. The summed E-state index contributed by atoms with van der Waals surface area (Å²) >= 11 is 0. The van der Waals surface area contributed by atoms with Crippen LogP contribution in [0.5, 0.6) is 0 Å². The number of nitrogens with zero attached hydrogens (tertiary/aromatic N) is 1. The zero-order valence-electron chi connectivity index (χ0n) is 17.6. The fraction of sp³-hybridized carbons (Fsp3) is 0.625. The van der Waals surface area contributed by atoms with Crippen molar-refractivity contribution in [2.75, 3.05) is 0 Å². The summed E-state index contributed by atoms with van der Waals surface area (Å²) in [6, 6.07) is -0.0299. The molecule has 4 aliphatic rings. The molecule has 3 nitrogen and oxygen atoms in total. The monoisotopic (exact) mass is 368 g/mol. The zero-order chi connectivity index (χ0) is 19.6. The van der Waals surface area contributed by atoms with Gasteiger partial charge in [-0.2, -0.15) is 0 Å². The first-order valence-electron chi connectivity index (χ1n) is 10.7. The van der Waals surface area contributed by atoms with E-state index < -0.39 is 0 Å². The Morgan fingerprint density at radius 2 is 2.04 bits per heavy atom. The molecule has 0 saturated heterocycles. The third-order valence-electron chi connectivity index (χ3n) is 6.30. The van der Waals surface area contributed by atoms with Crippen LogP contribution < -0.4 is 5.73 Å². The summed E-state index contributed by atoms with van der Waals surface area (Å²) in [5.41, 5.74) is 8.50. The van der Waals surface area contributed by atoms with Crippen LogP contribution in [-0.4, -0.2) is 17.9 Å². The molecule has 4 rings (SSSR count). The molecular formula is C24H36N2O. The van der Waals surface area contributed by atoms with Gasteiger partial charge in [0, 0.05) is 24.1 Å². The van der Waals surface area contributed by atoms with Crippen molar-refractivity contribution in [3.63, 3.8) is 0 Å². The minimum atomic E-state index is -0.352. The molecule has 0 aromatic heterocycles. The number of rotatable bonds is 2. The molecule has 6 unspecified atom stereocenters. The Morgan fingerprint density at radius 1 is 1.26 bits per heavy atom. The van der Waals surface area contributed by atoms with E-state index in [0.717, 1.165) is 23.3 Å². The van der Waals surface area contributed by atoms with Gasteiger partial charge < -0.3 is 10.5 Å². The van der Waals surface area contributed by atoms with Crippen molar-refractivity contribution in [3.8, 4) is 0 Å². The largest absolute Gasteiger partial charge is 0.479 e. The van der Waals surface area contributed by atoms with Crippen LogP contribution in [0.15, 0.2) is 52.4 Å². The van der Waals surface area contributed by atoms with Gasteiger partial charge in [0.05, 0.1) is 5.70 Å². The first kappa shape index (κ1) is 20.1. The van der Waals surface area contributed by atoms with Crippen molar-refractivity contribution in [1.82, 2.24) is 0 Å². The standard InChI is InChI=1S/C22H30N2O.C2H6/c1-4-5-18-19(23)6-7-20-21(18)24-13-22(3,25-20)17-11-15-8-14(2)9-16(10-15)12-17;1-2/h4-7,11,13-14,16-19H,8-10,12,23H2,1-3H3;1-2H3/b5-4-;. The highest BCUT2D eigenvalue weighted by Crippen LogP contribution is 2.46. The summed E-state index contributed by atoms with van der Waals surface area (Å²) in [7, 11) is 0. The first-order chi connectivity index (χ1) is 13.0. The highest BCUT2D eigenvalue weighted by Gasteiger charge is 2.43. The second-order valence-corrected chi connectivity index (χ2v) is 8.56. The summed E-state index contributed by atoms with van der Waals surface area (Å²) in [5.74, 6) is 3.06. The van der Waals surface area contributed by atoms with Gasteiger partial charge >= 0.3 is 0 Å². The third-order valence-corrected chi connectivity index (χ3v) is 6.30. The maximum Gasteiger partial charge on any atom is 0.147 e. The van der Waals surface area contributed by atoms with Gasteiger partial charge in [-0.1, -0.05) is 50.6 Å². The summed E-state index contributed by atoms with van der Waals surface area (Å²) in [6.45, 7) is 10.6. The number of aliphatic imine (C=N–C) groups is 1. The van der Waals surface area contributed by atoms with Crippen LogP contribution in [0.25, 0.3) is 0 Å². The maximum absolute atomic E-state index is 6.54. The summed E-state index contributed by atoms with van der Waals surface area (Å²) in [6.07, 6.45) is 17.9. The van der Waals surface area contributed by atoms with Gasteiger partial charge in [-0.3, -0.25) is 4.99 Å². The van der Waals surface area contributed by atoms with E-state index in [9.17, 15) is 0 Å². The Morgan fingerprint density at radius 3 is 2.74 bits per heavy atom. The number of ether oxygens (including phenoxy) is 1. The third kappa shape index (κ3) is 3.99. The highest BCUT2D eigenvalue weighted by atomic mass is 16.5. The molecule has 3 aliphatic carbocycles. The van der Waals surface area contributed by atoms with E-state index in [2.05, 4.69) is 26.0 Å². The van der Waals surface area contributed by atoms with Gasteiger partial charge in [0.15, 0.2) is 0 Å². The van der Waals surface area contributed by atoms with E-state index in [1.54, 1.807) is 5.57 Å². The second-order valence-electron chi connectivity index (χ2n) is 8.56. The maximum atomic E-state index is 6.54. The van der Waals surface area contributed by atoms with Crippen LogP contribution in [0, 0.1) is 23.7 Å². The number of hydrogen-bond donors (Lipinski definition) is 1. The van der Waals surface area contributed by atoms with Crippen LogP contribution in [-0.2, 0) is 4.74 Å². The summed E-state index contributed by atoms with van der Waals surface area (Å²) < 4.78 is 6.54. The lowest BCUT2D eigenvalue weighted by atomic mass is 9.67. The minimum Gasteiger partial charge on any atom is -0.479 e. The van der Waals surface area contributed by atoms with Crippen molar-refractivity contribution in [2.45, 2.75) is 71.9 Å². The molecule has 1 fully saturated rings. The van der Waals surface area contributed by atoms with Crippen LogP contribution in [0.2, 0.25) is 0 Å². The molecule has 1 heterocycles. The highest BCUT2D eigenvalue weighted by molar-refractivity contribution is 5.73. The zero-order valence-corrected chi connectivity index (χ0v) is 17.6. The SMILES string of the molecule is C/C=C\C1C2=C(C=CC1N)OC(C)(C1C=C3CC(C)CC(C3)C1)C=N2.CC. The predicted octanol–water partition coefficient (Wildman–Crippen LogP) is 5.56. The molecule has 6 atom stereocenters. The smallest absolute Gasteiger partial charge is 0.147 e. The van der Waals surface area contributed by atoms with Crippen molar-refractivity contribution in [3.05, 3.63) is 47.4 Å². The van der Waals surface area contributed by atoms with Gasteiger partial charge in [-0.15, -0.1) is 0 Å². The molecule has 2 N–H and O–H groups in total. The van der Waals surface area contributed by atoms with E-state index in [-0.39, 0.29) is 17.6 Å². The van der Waals surface area contributed by atoms with Crippen molar-refractivity contribution in [2.24, 2.45) is 34.4 Å². The average molecular weight is 369 g/mol. The van der Waals surface area contributed by atoms with Gasteiger partial charge in [0.1, 0.15) is 11.4 Å². The summed E-state index contributed by atoms with van der Waals surface area (Å²) in [4.78, 5) is 4.86. The van der Waals surface area contributed by atoms with Crippen LogP contribution in [0.3, 0.4) is 0 Å². The Labute approximate surface area is 165 Å². The molecule has 0 radical (unpaired) electrons. The fourth-order valence-corrected chi connectivity index (χ4v) is 5.11. The Kier molecular flexibility index (Phi) is 6.10. The molecule has 148 valence electrons. The Bertz CT molecular complexity index is 699. The quantitative estimate of drug-likeness (QED) is 0.649. The lowest BCUT2D eigenvalue weighted by molar-refractivity contribution is 0.0303. The molecule has 0 aromatic rings. The second kappa shape index (κ2) is 8.18. The molecule has 2 bridgehead atoms. The van der Waals surface area contributed by atoms with E-state index in [0.29, 0.717) is 5.92 Å². The molecular weight excluding hydrogens is 332 g/mol. The topological polar surface area (TPSA) is 47.6 Å². The molecule has 0 amide bonds. The number of hydrogen-bond acceptors (Lipinski definition) is 3. The van der Waals surface area contributed by atoms with Crippen LogP contribution in [0.1, 0.15) is 60.3 Å². The van der Waals surface area contributed by atoms with Crippen LogP contribution in [0.4, 0.5) is 0 Å². The number of nitrogens with two attached hydrogens (primary N) is 1.